The van der Waals surface area contributed by atoms with Crippen molar-refractivity contribution in [3.63, 3.8) is 0 Å². The Bertz CT molecular complexity index is 472. The molecule has 1 aliphatic carbocycles. The van der Waals surface area contributed by atoms with Crippen LogP contribution in [-0.4, -0.2) is 22.9 Å². The molecule has 0 aromatic carbocycles. The first-order valence-corrected chi connectivity index (χ1v) is 5.68. The van der Waals surface area contributed by atoms with Gasteiger partial charge in [0, 0.05) is 6.20 Å². The van der Waals surface area contributed by atoms with Gasteiger partial charge in [0.2, 0.25) is 0 Å². The third kappa shape index (κ3) is 2.84. The third-order valence-corrected chi connectivity index (χ3v) is 2.72. The van der Waals surface area contributed by atoms with Gasteiger partial charge in [-0.3, -0.25) is 4.68 Å². The molecule has 0 radical (unpaired) electrons. The lowest BCUT2D eigenvalue weighted by atomic mass is 9.98. The molecule has 90 valence electrons. The fraction of sp³-hybridized carbons (Fsp3) is 0.385. The van der Waals surface area contributed by atoms with Crippen molar-refractivity contribution in [2.24, 2.45) is 5.92 Å². The standard InChI is InChI=1S/C13H16N2O2/c1-10-4-3-5-11(8-10)9-15-7-6-12(14-15)13(16)17-2/h3,5-8,10H,4,9H2,1-2H3. The van der Waals surface area contributed by atoms with Gasteiger partial charge in [0.1, 0.15) is 0 Å². The summed E-state index contributed by atoms with van der Waals surface area (Å²) in [6.07, 6.45) is 9.40. The molecule has 0 aliphatic heterocycles. The van der Waals surface area contributed by atoms with Crippen LogP contribution in [-0.2, 0) is 11.3 Å². The van der Waals surface area contributed by atoms with E-state index < -0.39 is 5.97 Å². The number of allylic oxidation sites excluding steroid dienone is 4. The molecule has 1 aromatic rings. The van der Waals surface area contributed by atoms with Crippen molar-refractivity contribution in [2.45, 2.75) is 19.9 Å². The first-order valence-electron chi connectivity index (χ1n) is 5.68. The van der Waals surface area contributed by atoms with Crippen molar-refractivity contribution in [2.75, 3.05) is 7.11 Å². The Labute approximate surface area is 101 Å². The number of ether oxygens (including phenoxy) is 1. The van der Waals surface area contributed by atoms with E-state index in [2.05, 4.69) is 35.0 Å². The number of aromatic nitrogens is 2. The minimum Gasteiger partial charge on any atom is -0.464 e. The number of methoxy groups -OCH3 is 1. The zero-order valence-corrected chi connectivity index (χ0v) is 10.1. The van der Waals surface area contributed by atoms with Crippen molar-refractivity contribution < 1.29 is 9.53 Å². The summed E-state index contributed by atoms with van der Waals surface area (Å²) in [6, 6.07) is 1.67. The number of nitrogens with zero attached hydrogens (tertiary/aromatic N) is 2. The molecule has 2 rings (SSSR count). The predicted molar refractivity (Wildman–Crippen MR) is 64.6 cm³/mol. The second-order valence-electron chi connectivity index (χ2n) is 4.25. The SMILES string of the molecule is COC(=O)c1ccn(CC2=CC(C)CC=C2)n1. The summed E-state index contributed by atoms with van der Waals surface area (Å²) in [5.41, 5.74) is 1.57. The van der Waals surface area contributed by atoms with Gasteiger partial charge in [0.05, 0.1) is 13.7 Å². The lowest BCUT2D eigenvalue weighted by molar-refractivity contribution is 0.0593. The number of hydrogen-bond acceptors (Lipinski definition) is 3. The van der Waals surface area contributed by atoms with E-state index in [-0.39, 0.29) is 0 Å². The normalized spacial score (nSPS) is 18.9. The van der Waals surface area contributed by atoms with Gasteiger partial charge < -0.3 is 4.74 Å². The van der Waals surface area contributed by atoms with Crippen molar-refractivity contribution in [3.05, 3.63) is 41.8 Å². The van der Waals surface area contributed by atoms with Crippen LogP contribution in [0.5, 0.6) is 0 Å². The maximum absolute atomic E-state index is 11.2. The third-order valence-electron chi connectivity index (χ3n) is 2.72. The molecule has 0 saturated carbocycles. The molecule has 4 heteroatoms. The topological polar surface area (TPSA) is 44.1 Å². The average molecular weight is 232 g/mol. The van der Waals surface area contributed by atoms with E-state index in [1.54, 1.807) is 16.9 Å². The van der Waals surface area contributed by atoms with Crippen LogP contribution in [0.25, 0.3) is 0 Å². The van der Waals surface area contributed by atoms with Gasteiger partial charge in [-0.05, 0) is 24.0 Å². The van der Waals surface area contributed by atoms with Gasteiger partial charge in [0.25, 0.3) is 0 Å². The van der Waals surface area contributed by atoms with Crippen molar-refractivity contribution in [1.29, 1.82) is 0 Å². The molecule has 0 saturated heterocycles. The minimum atomic E-state index is -0.398. The van der Waals surface area contributed by atoms with Crippen LogP contribution < -0.4 is 0 Å². The first-order chi connectivity index (χ1) is 8.19. The molecule has 0 spiro atoms. The maximum Gasteiger partial charge on any atom is 0.358 e. The molecule has 1 unspecified atom stereocenters. The summed E-state index contributed by atoms with van der Waals surface area (Å²) >= 11 is 0. The molecular weight excluding hydrogens is 216 g/mol. The molecule has 1 atom stereocenters. The fourth-order valence-corrected chi connectivity index (χ4v) is 1.88. The van der Waals surface area contributed by atoms with E-state index in [0.29, 0.717) is 18.2 Å². The van der Waals surface area contributed by atoms with Crippen molar-refractivity contribution >= 4 is 5.97 Å². The van der Waals surface area contributed by atoms with E-state index >= 15 is 0 Å². The van der Waals surface area contributed by atoms with Crippen LogP contribution in [0.1, 0.15) is 23.8 Å². The first kappa shape index (κ1) is 11.6. The molecule has 17 heavy (non-hydrogen) atoms. The van der Waals surface area contributed by atoms with Crippen LogP contribution in [0.15, 0.2) is 36.1 Å². The van der Waals surface area contributed by atoms with Crippen LogP contribution >= 0.6 is 0 Å². The molecular formula is C13H16N2O2. The van der Waals surface area contributed by atoms with Gasteiger partial charge in [0.15, 0.2) is 5.69 Å². The Balaban J connectivity index is 2.07. The Morgan fingerprint density at radius 2 is 2.47 bits per heavy atom. The van der Waals surface area contributed by atoms with Crippen LogP contribution in [0.2, 0.25) is 0 Å². The zero-order valence-electron chi connectivity index (χ0n) is 10.1. The summed E-state index contributed by atoms with van der Waals surface area (Å²) in [5, 5.41) is 4.17. The number of rotatable bonds is 3. The van der Waals surface area contributed by atoms with Crippen LogP contribution in [0.3, 0.4) is 0 Å². The predicted octanol–water partition coefficient (Wildman–Crippen LogP) is 2.19. The van der Waals surface area contributed by atoms with Crippen LogP contribution in [0, 0.1) is 5.92 Å². The van der Waals surface area contributed by atoms with Crippen molar-refractivity contribution in [1.82, 2.24) is 9.78 Å². The molecule has 1 aliphatic rings. The Hall–Kier alpha value is -1.84. The Kier molecular flexibility index (Phi) is 3.42. The zero-order chi connectivity index (χ0) is 12.3. The lowest BCUT2D eigenvalue weighted by Crippen LogP contribution is -2.07. The van der Waals surface area contributed by atoms with E-state index in [0.717, 1.165) is 6.42 Å². The van der Waals surface area contributed by atoms with Gasteiger partial charge in [-0.25, -0.2) is 4.79 Å². The lowest BCUT2D eigenvalue weighted by Gasteiger charge is -2.12. The second kappa shape index (κ2) is 4.99. The summed E-state index contributed by atoms with van der Waals surface area (Å²) in [4.78, 5) is 11.2. The maximum atomic E-state index is 11.2. The monoisotopic (exact) mass is 232 g/mol. The molecule has 0 N–H and O–H groups in total. The molecule has 1 aromatic heterocycles. The highest BCUT2D eigenvalue weighted by Crippen LogP contribution is 2.17. The Morgan fingerprint density at radius 1 is 1.65 bits per heavy atom. The van der Waals surface area contributed by atoms with E-state index in [4.69, 9.17) is 0 Å². The van der Waals surface area contributed by atoms with E-state index in [9.17, 15) is 4.79 Å². The van der Waals surface area contributed by atoms with Crippen LogP contribution in [0.4, 0.5) is 0 Å². The number of carbonyl (C=O) groups is 1. The highest BCUT2D eigenvalue weighted by Gasteiger charge is 2.10. The van der Waals surface area contributed by atoms with Gasteiger partial charge in [-0.1, -0.05) is 25.2 Å². The van der Waals surface area contributed by atoms with Gasteiger partial charge in [-0.2, -0.15) is 5.10 Å². The molecule has 0 bridgehead atoms. The average Bonchev–Trinajstić information content (AvgIpc) is 2.76. The summed E-state index contributed by atoms with van der Waals surface area (Å²) < 4.78 is 6.36. The molecule has 1 heterocycles. The molecule has 4 nitrogen and oxygen atoms in total. The number of hydrogen-bond donors (Lipinski definition) is 0. The summed E-state index contributed by atoms with van der Waals surface area (Å²) in [5.74, 6) is 0.177. The molecule has 0 amide bonds. The van der Waals surface area contributed by atoms with E-state index in [1.165, 1.54) is 12.7 Å². The largest absolute Gasteiger partial charge is 0.464 e. The summed E-state index contributed by atoms with van der Waals surface area (Å²) in [6.45, 7) is 2.88. The number of esters is 1. The van der Waals surface area contributed by atoms with Crippen molar-refractivity contribution in [3.8, 4) is 0 Å². The Morgan fingerprint density at radius 3 is 3.18 bits per heavy atom. The van der Waals surface area contributed by atoms with Gasteiger partial charge >= 0.3 is 5.97 Å². The quantitative estimate of drug-likeness (QED) is 0.750. The fourth-order valence-electron chi connectivity index (χ4n) is 1.88. The minimum absolute atomic E-state index is 0.348. The van der Waals surface area contributed by atoms with Gasteiger partial charge in [-0.15, -0.1) is 0 Å². The number of carbonyl (C=O) groups excluding carboxylic acids is 1. The highest BCUT2D eigenvalue weighted by molar-refractivity contribution is 5.86. The highest BCUT2D eigenvalue weighted by atomic mass is 16.5. The van der Waals surface area contributed by atoms with E-state index in [1.807, 2.05) is 0 Å². The smallest absolute Gasteiger partial charge is 0.358 e. The summed E-state index contributed by atoms with van der Waals surface area (Å²) in [7, 11) is 1.36. The molecule has 0 fully saturated rings. The second-order valence-corrected chi connectivity index (χ2v) is 4.25.